The van der Waals surface area contributed by atoms with E-state index in [4.69, 9.17) is 5.11 Å². The fourth-order valence-corrected chi connectivity index (χ4v) is 1.36. The minimum absolute atomic E-state index is 0.352. The number of carboxylic acid groups (broad SMARTS) is 1. The van der Waals surface area contributed by atoms with Gasteiger partial charge in [-0.25, -0.2) is 13.6 Å². The molecule has 0 aromatic rings. The molecule has 1 amide bonds. The van der Waals surface area contributed by atoms with Crippen LogP contribution in [0.4, 0.5) is 8.78 Å². The van der Waals surface area contributed by atoms with Crippen LogP contribution in [0.1, 0.15) is 39.5 Å². The van der Waals surface area contributed by atoms with Crippen molar-refractivity contribution in [3.8, 4) is 0 Å². The highest BCUT2D eigenvalue weighted by molar-refractivity contribution is 5.84. The lowest BCUT2D eigenvalue weighted by Crippen LogP contribution is -2.44. The van der Waals surface area contributed by atoms with Crippen LogP contribution in [0.3, 0.4) is 0 Å². The molecule has 0 rings (SSSR count). The number of rotatable bonds is 8. The van der Waals surface area contributed by atoms with Gasteiger partial charge in [-0.15, -0.1) is 0 Å². The first-order valence-corrected chi connectivity index (χ1v) is 5.69. The maximum Gasteiger partial charge on any atom is 0.326 e. The van der Waals surface area contributed by atoms with Crippen LogP contribution in [0.2, 0.25) is 0 Å². The van der Waals surface area contributed by atoms with Crippen LogP contribution < -0.4 is 5.32 Å². The van der Waals surface area contributed by atoms with E-state index in [0.717, 1.165) is 12.8 Å². The van der Waals surface area contributed by atoms with E-state index < -0.39 is 30.8 Å². The van der Waals surface area contributed by atoms with Crippen molar-refractivity contribution < 1.29 is 23.5 Å². The molecular weight excluding hydrogens is 232 g/mol. The predicted octanol–water partition coefficient (Wildman–Crippen LogP) is 2.04. The number of aliphatic carboxylic acids is 1. The molecule has 0 radical (unpaired) electrons. The van der Waals surface area contributed by atoms with Crippen molar-refractivity contribution >= 4 is 11.9 Å². The second-order valence-corrected chi connectivity index (χ2v) is 4.07. The van der Waals surface area contributed by atoms with Crippen molar-refractivity contribution in [2.45, 2.75) is 52.0 Å². The quantitative estimate of drug-likeness (QED) is 0.693. The van der Waals surface area contributed by atoms with Gasteiger partial charge in [-0.2, -0.15) is 0 Å². The van der Waals surface area contributed by atoms with E-state index in [0.29, 0.717) is 6.42 Å². The Balaban J connectivity index is 4.25. The molecule has 0 aromatic heterocycles. The lowest BCUT2D eigenvalue weighted by atomic mass is 10.0. The Morgan fingerprint density at radius 2 is 1.94 bits per heavy atom. The van der Waals surface area contributed by atoms with Crippen LogP contribution in [0.25, 0.3) is 0 Å². The lowest BCUT2D eigenvalue weighted by Gasteiger charge is -2.17. The van der Waals surface area contributed by atoms with Crippen molar-refractivity contribution in [2.24, 2.45) is 5.92 Å². The maximum atomic E-state index is 12.1. The van der Waals surface area contributed by atoms with Crippen molar-refractivity contribution in [3.05, 3.63) is 0 Å². The first kappa shape index (κ1) is 15.8. The summed E-state index contributed by atoms with van der Waals surface area (Å²) < 4.78 is 24.2. The highest BCUT2D eigenvalue weighted by Gasteiger charge is 2.25. The van der Waals surface area contributed by atoms with Gasteiger partial charge in [0.15, 0.2) is 0 Å². The molecular formula is C11H19F2NO3. The standard InChI is InChI=1S/C11H19F2NO3/c1-3-4-5-7(2)10(15)14-8(11(16)17)6-9(12)13/h7-9H,3-6H2,1-2H3,(H,14,15)(H,16,17). The van der Waals surface area contributed by atoms with E-state index in [9.17, 15) is 18.4 Å². The Labute approximate surface area is 99.4 Å². The van der Waals surface area contributed by atoms with Crippen LogP contribution in [-0.4, -0.2) is 29.5 Å². The largest absolute Gasteiger partial charge is 0.480 e. The van der Waals surface area contributed by atoms with Gasteiger partial charge in [0.2, 0.25) is 12.3 Å². The first-order valence-electron chi connectivity index (χ1n) is 5.69. The van der Waals surface area contributed by atoms with E-state index in [-0.39, 0.29) is 5.92 Å². The molecule has 0 fully saturated rings. The number of halogens is 2. The fourth-order valence-electron chi connectivity index (χ4n) is 1.36. The maximum absolute atomic E-state index is 12.1. The Hall–Kier alpha value is -1.20. The summed E-state index contributed by atoms with van der Waals surface area (Å²) in [6.45, 7) is 3.63. The molecule has 0 aliphatic carbocycles. The number of carboxylic acids is 1. The number of nitrogens with one attached hydrogen (secondary N) is 1. The summed E-state index contributed by atoms with van der Waals surface area (Å²) in [6.07, 6.45) is -1.20. The van der Waals surface area contributed by atoms with E-state index in [1.807, 2.05) is 6.92 Å². The molecule has 100 valence electrons. The van der Waals surface area contributed by atoms with Crippen molar-refractivity contribution in [3.63, 3.8) is 0 Å². The van der Waals surface area contributed by atoms with Gasteiger partial charge in [0.1, 0.15) is 6.04 Å². The van der Waals surface area contributed by atoms with E-state index in [1.54, 1.807) is 6.92 Å². The van der Waals surface area contributed by atoms with Gasteiger partial charge < -0.3 is 10.4 Å². The monoisotopic (exact) mass is 251 g/mol. The van der Waals surface area contributed by atoms with Crippen LogP contribution in [0, 0.1) is 5.92 Å². The molecule has 0 spiro atoms. The molecule has 17 heavy (non-hydrogen) atoms. The number of carbonyl (C=O) groups is 2. The molecule has 0 aliphatic rings. The van der Waals surface area contributed by atoms with E-state index in [1.165, 1.54) is 0 Å². The second-order valence-electron chi connectivity index (χ2n) is 4.07. The third-order valence-corrected chi connectivity index (χ3v) is 2.47. The zero-order valence-electron chi connectivity index (χ0n) is 10.1. The van der Waals surface area contributed by atoms with E-state index in [2.05, 4.69) is 5.32 Å². The fraction of sp³-hybridized carbons (Fsp3) is 0.818. The van der Waals surface area contributed by atoms with Crippen LogP contribution >= 0.6 is 0 Å². The summed E-state index contributed by atoms with van der Waals surface area (Å²) in [5, 5.41) is 10.8. The zero-order valence-corrected chi connectivity index (χ0v) is 10.1. The highest BCUT2D eigenvalue weighted by Crippen LogP contribution is 2.10. The van der Waals surface area contributed by atoms with Crippen molar-refractivity contribution in [1.82, 2.24) is 5.32 Å². The number of unbranched alkanes of at least 4 members (excludes halogenated alkanes) is 1. The van der Waals surface area contributed by atoms with Crippen molar-refractivity contribution in [2.75, 3.05) is 0 Å². The van der Waals surface area contributed by atoms with Gasteiger partial charge in [0.05, 0.1) is 0 Å². The van der Waals surface area contributed by atoms with Gasteiger partial charge in [0.25, 0.3) is 0 Å². The second kappa shape index (κ2) is 7.97. The molecule has 6 heteroatoms. The average molecular weight is 251 g/mol. The topological polar surface area (TPSA) is 66.4 Å². The number of amides is 1. The Morgan fingerprint density at radius 1 is 1.35 bits per heavy atom. The summed E-state index contributed by atoms with van der Waals surface area (Å²) in [5.41, 5.74) is 0. The molecule has 0 saturated carbocycles. The third kappa shape index (κ3) is 6.86. The third-order valence-electron chi connectivity index (χ3n) is 2.47. The average Bonchev–Trinajstić information content (AvgIpc) is 2.23. The molecule has 0 heterocycles. The molecule has 0 aliphatic heterocycles. The summed E-state index contributed by atoms with van der Waals surface area (Å²) in [7, 11) is 0. The summed E-state index contributed by atoms with van der Waals surface area (Å²) in [4.78, 5) is 22.2. The predicted molar refractivity (Wildman–Crippen MR) is 58.9 cm³/mol. The molecule has 0 bridgehead atoms. The number of carbonyl (C=O) groups excluding carboxylic acids is 1. The molecule has 2 atom stereocenters. The van der Waals surface area contributed by atoms with Gasteiger partial charge in [-0.05, 0) is 6.42 Å². The lowest BCUT2D eigenvalue weighted by molar-refractivity contribution is -0.143. The Morgan fingerprint density at radius 3 is 2.35 bits per heavy atom. The summed E-state index contributed by atoms with van der Waals surface area (Å²) >= 11 is 0. The molecule has 2 N–H and O–H groups in total. The first-order chi connectivity index (χ1) is 7.88. The van der Waals surface area contributed by atoms with Gasteiger partial charge in [-0.1, -0.05) is 26.7 Å². The Kier molecular flexibility index (Phi) is 7.41. The van der Waals surface area contributed by atoms with Crippen molar-refractivity contribution in [1.29, 1.82) is 0 Å². The van der Waals surface area contributed by atoms with Crippen LogP contribution in [0.15, 0.2) is 0 Å². The number of hydrogen-bond donors (Lipinski definition) is 2. The highest BCUT2D eigenvalue weighted by atomic mass is 19.3. The minimum Gasteiger partial charge on any atom is -0.480 e. The summed E-state index contributed by atoms with van der Waals surface area (Å²) in [5.74, 6) is -2.26. The van der Waals surface area contributed by atoms with Crippen LogP contribution in [0.5, 0.6) is 0 Å². The summed E-state index contributed by atoms with van der Waals surface area (Å²) in [6, 6.07) is -1.51. The van der Waals surface area contributed by atoms with Crippen LogP contribution in [-0.2, 0) is 9.59 Å². The molecule has 0 aromatic carbocycles. The van der Waals surface area contributed by atoms with E-state index >= 15 is 0 Å². The SMILES string of the molecule is CCCCC(C)C(=O)NC(CC(F)F)C(=O)O. The number of alkyl halides is 2. The normalized spacial score (nSPS) is 14.4. The molecule has 4 nitrogen and oxygen atoms in total. The van der Waals surface area contributed by atoms with Gasteiger partial charge >= 0.3 is 5.97 Å². The number of hydrogen-bond acceptors (Lipinski definition) is 2. The zero-order chi connectivity index (χ0) is 13.4. The molecule has 0 saturated heterocycles. The smallest absolute Gasteiger partial charge is 0.326 e. The molecule has 2 unspecified atom stereocenters. The van der Waals surface area contributed by atoms with Gasteiger partial charge in [0, 0.05) is 12.3 Å². The minimum atomic E-state index is -2.75. The Bertz CT molecular complexity index is 259. The van der Waals surface area contributed by atoms with Gasteiger partial charge in [-0.3, -0.25) is 4.79 Å².